The van der Waals surface area contributed by atoms with E-state index < -0.39 is 18.9 Å². The van der Waals surface area contributed by atoms with Crippen LogP contribution in [0.1, 0.15) is 63.3 Å². The number of alkyl halides is 3. The van der Waals surface area contributed by atoms with Crippen molar-refractivity contribution in [3.05, 3.63) is 70.7 Å². The van der Waals surface area contributed by atoms with Crippen LogP contribution in [-0.2, 0) is 25.6 Å². The van der Waals surface area contributed by atoms with E-state index in [9.17, 15) is 13.2 Å². The number of hydrogen-bond donors (Lipinski definition) is 0. The molecule has 2 aliphatic carbocycles. The molecule has 0 unspecified atom stereocenters. The summed E-state index contributed by atoms with van der Waals surface area (Å²) in [6.07, 6.45) is 0.953. The summed E-state index contributed by atoms with van der Waals surface area (Å²) in [5, 5.41) is 9.45. The molecule has 0 atom stereocenters. The van der Waals surface area contributed by atoms with Gasteiger partial charge in [-0.2, -0.15) is 23.4 Å². The minimum absolute atomic E-state index is 0.0799. The maximum absolute atomic E-state index is 13.2. The maximum Gasteiger partial charge on any atom is 0.435 e. The highest BCUT2D eigenvalue weighted by Crippen LogP contribution is 2.45. The van der Waals surface area contributed by atoms with E-state index in [1.165, 1.54) is 11.0 Å². The first kappa shape index (κ1) is 21.5. The molecule has 1 saturated carbocycles. The summed E-state index contributed by atoms with van der Waals surface area (Å²) in [4.78, 5) is 18.4. The second-order valence-electron chi connectivity index (χ2n) is 10.2. The van der Waals surface area contributed by atoms with Gasteiger partial charge in [0.2, 0.25) is 5.88 Å². The van der Waals surface area contributed by atoms with Crippen molar-refractivity contribution in [3.63, 3.8) is 0 Å². The van der Waals surface area contributed by atoms with E-state index in [-0.39, 0.29) is 11.8 Å². The number of nitrogens with zero attached hydrogens (tertiary/aromatic N) is 8. The van der Waals surface area contributed by atoms with E-state index in [1.54, 1.807) is 23.7 Å². The van der Waals surface area contributed by atoms with E-state index in [4.69, 9.17) is 23.9 Å². The molecule has 0 bridgehead atoms. The van der Waals surface area contributed by atoms with Crippen LogP contribution in [0.25, 0.3) is 28.1 Å². The van der Waals surface area contributed by atoms with Crippen LogP contribution in [-0.4, -0.2) is 46.5 Å². The van der Waals surface area contributed by atoms with Crippen molar-refractivity contribution < 1.29 is 22.0 Å². The molecule has 9 nitrogen and oxygen atoms in total. The van der Waals surface area contributed by atoms with Gasteiger partial charge >= 0.3 is 6.18 Å². The SMILES string of the molecule is [2H]C([2H])([2H])Oc1ncnc(C2CC2)c1-c1nc2c3c(nn(Cc4ccc(-n5nc(C(F)(F)F)cc5C)cc4)c3n1)CCC2. The number of benzene rings is 1. The molecule has 5 aromatic rings. The lowest BCUT2D eigenvalue weighted by Crippen LogP contribution is -2.08. The normalized spacial score (nSPS) is 16.6. The van der Waals surface area contributed by atoms with Crippen molar-refractivity contribution in [1.82, 2.24) is 39.5 Å². The van der Waals surface area contributed by atoms with Crippen LogP contribution in [0.15, 0.2) is 36.7 Å². The Kier molecular flexibility index (Phi) is 4.89. The Labute approximate surface area is 231 Å². The Morgan fingerprint density at radius 1 is 1.05 bits per heavy atom. The van der Waals surface area contributed by atoms with Crippen molar-refractivity contribution in [3.8, 4) is 23.0 Å². The third-order valence-corrected chi connectivity index (χ3v) is 7.38. The molecular formula is C28H25F3N8O. The Balaban J connectivity index is 1.28. The number of hydrogen-bond acceptors (Lipinski definition) is 7. The van der Waals surface area contributed by atoms with E-state index in [1.807, 2.05) is 12.1 Å². The molecule has 0 spiro atoms. The summed E-state index contributed by atoms with van der Waals surface area (Å²) < 4.78 is 70.8. The molecule has 0 N–H and O–H groups in total. The fraction of sp³-hybridized carbons (Fsp3) is 0.357. The van der Waals surface area contributed by atoms with Crippen molar-refractivity contribution in [2.24, 2.45) is 0 Å². The highest BCUT2D eigenvalue weighted by atomic mass is 19.4. The van der Waals surface area contributed by atoms with Gasteiger partial charge in [-0.25, -0.2) is 29.3 Å². The van der Waals surface area contributed by atoms with Gasteiger partial charge in [-0.15, -0.1) is 0 Å². The number of ether oxygens (including phenoxy) is 1. The van der Waals surface area contributed by atoms with Crippen LogP contribution in [0.2, 0.25) is 0 Å². The molecule has 12 heteroatoms. The summed E-state index contributed by atoms with van der Waals surface area (Å²) in [5.74, 6) is 0.366. The second-order valence-corrected chi connectivity index (χ2v) is 10.2. The zero-order chi connectivity index (χ0) is 30.1. The van der Waals surface area contributed by atoms with Crippen LogP contribution in [0, 0.1) is 6.92 Å². The van der Waals surface area contributed by atoms with Crippen molar-refractivity contribution in [2.45, 2.75) is 57.7 Å². The molecule has 40 heavy (non-hydrogen) atoms. The fourth-order valence-electron chi connectivity index (χ4n) is 5.35. The lowest BCUT2D eigenvalue weighted by molar-refractivity contribution is -0.141. The predicted molar refractivity (Wildman–Crippen MR) is 139 cm³/mol. The monoisotopic (exact) mass is 549 g/mol. The summed E-state index contributed by atoms with van der Waals surface area (Å²) >= 11 is 0. The summed E-state index contributed by atoms with van der Waals surface area (Å²) in [6, 6.07) is 8.08. The molecule has 0 amide bonds. The van der Waals surface area contributed by atoms with Crippen molar-refractivity contribution >= 4 is 11.0 Å². The first-order chi connectivity index (χ1) is 20.4. The van der Waals surface area contributed by atoms with Gasteiger partial charge in [0.05, 0.1) is 45.9 Å². The maximum atomic E-state index is 13.2. The van der Waals surface area contributed by atoms with Gasteiger partial charge in [-0.05, 0) is 62.8 Å². The van der Waals surface area contributed by atoms with Gasteiger partial charge in [0.1, 0.15) is 11.9 Å². The zero-order valence-electron chi connectivity index (χ0n) is 24.4. The van der Waals surface area contributed by atoms with E-state index in [2.05, 4.69) is 15.1 Å². The van der Waals surface area contributed by atoms with Gasteiger partial charge in [0.15, 0.2) is 17.2 Å². The quantitative estimate of drug-likeness (QED) is 0.287. The third-order valence-electron chi connectivity index (χ3n) is 7.38. The summed E-state index contributed by atoms with van der Waals surface area (Å²) in [6.45, 7) is 1.92. The minimum Gasteiger partial charge on any atom is -0.480 e. The standard InChI is InChI=1S/C28H25F3N8O/c1-15-12-21(28(29,30)31)37-39(15)18-10-6-16(7-11-18)13-38-26-22-19(4-3-5-20(22)36-38)34-25(35-26)23-24(17-8-9-17)32-14-33-27(23)40-2/h6-7,10-12,14,17H,3-5,8-9,13H2,1-2H3/i2D3. The molecule has 1 fully saturated rings. The minimum atomic E-state index is -4.52. The molecule has 7 rings (SSSR count). The largest absolute Gasteiger partial charge is 0.480 e. The summed E-state index contributed by atoms with van der Waals surface area (Å²) in [7, 11) is -2.72. The molecule has 2 aliphatic rings. The topological polar surface area (TPSA) is 96.4 Å². The van der Waals surface area contributed by atoms with Gasteiger partial charge in [0, 0.05) is 11.6 Å². The Morgan fingerprint density at radius 3 is 2.58 bits per heavy atom. The molecule has 0 saturated heterocycles. The number of rotatable bonds is 6. The van der Waals surface area contributed by atoms with Gasteiger partial charge in [-0.3, -0.25) is 0 Å². The molecule has 4 heterocycles. The number of aromatic nitrogens is 8. The van der Waals surface area contributed by atoms with E-state index >= 15 is 0 Å². The average molecular weight is 550 g/mol. The average Bonchev–Trinajstić information content (AvgIpc) is 3.63. The van der Waals surface area contributed by atoms with Crippen LogP contribution in [0.5, 0.6) is 5.88 Å². The van der Waals surface area contributed by atoms with Crippen LogP contribution < -0.4 is 4.74 Å². The Bertz CT molecular complexity index is 1860. The van der Waals surface area contributed by atoms with Gasteiger partial charge in [0.25, 0.3) is 0 Å². The van der Waals surface area contributed by atoms with Crippen molar-refractivity contribution in [1.29, 1.82) is 0 Å². The van der Waals surface area contributed by atoms with Crippen molar-refractivity contribution in [2.75, 3.05) is 7.04 Å². The first-order valence-electron chi connectivity index (χ1n) is 14.5. The summed E-state index contributed by atoms with van der Waals surface area (Å²) in [5.41, 5.74) is 4.15. The molecule has 1 aromatic carbocycles. The van der Waals surface area contributed by atoms with E-state index in [0.717, 1.165) is 54.1 Å². The molecular weight excluding hydrogens is 521 g/mol. The van der Waals surface area contributed by atoms with Crippen LogP contribution in [0.3, 0.4) is 0 Å². The fourth-order valence-corrected chi connectivity index (χ4v) is 5.35. The third kappa shape index (κ3) is 4.18. The Morgan fingerprint density at radius 2 is 1.85 bits per heavy atom. The first-order valence-corrected chi connectivity index (χ1v) is 13.0. The van der Waals surface area contributed by atoms with E-state index in [0.29, 0.717) is 47.1 Å². The lowest BCUT2D eigenvalue weighted by atomic mass is 10.0. The zero-order valence-corrected chi connectivity index (χ0v) is 21.4. The molecule has 4 aromatic heterocycles. The lowest BCUT2D eigenvalue weighted by Gasteiger charge is -2.14. The number of halogens is 3. The predicted octanol–water partition coefficient (Wildman–Crippen LogP) is 5.22. The van der Waals surface area contributed by atoms with Crippen LogP contribution >= 0.6 is 0 Å². The second kappa shape index (κ2) is 9.10. The number of methoxy groups -OCH3 is 1. The van der Waals surface area contributed by atoms with Crippen LogP contribution in [0.4, 0.5) is 13.2 Å². The molecule has 204 valence electrons. The molecule has 0 radical (unpaired) electrons. The van der Waals surface area contributed by atoms with Gasteiger partial charge in [-0.1, -0.05) is 12.1 Å². The molecule has 0 aliphatic heterocycles. The van der Waals surface area contributed by atoms with Gasteiger partial charge < -0.3 is 4.74 Å². The Hall–Kier alpha value is -4.35. The smallest absolute Gasteiger partial charge is 0.435 e. The highest BCUT2D eigenvalue weighted by Gasteiger charge is 2.35. The highest BCUT2D eigenvalue weighted by molar-refractivity contribution is 5.84. The number of aryl methyl sites for hydroxylation is 3.